The molecule has 0 spiro atoms. The molecule has 0 unspecified atom stereocenters. The molecule has 5 aromatic rings. The van der Waals surface area contributed by atoms with Crippen LogP contribution in [-0.4, -0.2) is 112 Å². The van der Waals surface area contributed by atoms with E-state index in [4.69, 9.17) is 28.9 Å². The average molecular weight is 915 g/mol. The zero-order chi connectivity index (χ0) is 47.4. The van der Waals surface area contributed by atoms with Gasteiger partial charge in [0.1, 0.15) is 23.7 Å². The van der Waals surface area contributed by atoms with Crippen molar-refractivity contribution in [2.24, 2.45) is 11.8 Å². The van der Waals surface area contributed by atoms with Gasteiger partial charge in [-0.15, -0.1) is 0 Å². The molecule has 0 saturated carbocycles. The number of benzene rings is 3. The molecule has 0 radical (unpaired) electrons. The summed E-state index contributed by atoms with van der Waals surface area (Å²) >= 11 is 0. The Labute approximate surface area is 391 Å². The van der Waals surface area contributed by atoms with Crippen molar-refractivity contribution in [3.63, 3.8) is 0 Å². The third-order valence-corrected chi connectivity index (χ3v) is 13.2. The van der Waals surface area contributed by atoms with Crippen LogP contribution in [0.1, 0.15) is 88.4 Å². The predicted molar refractivity (Wildman–Crippen MR) is 252 cm³/mol. The molecule has 16 heteroatoms. The number of fused-ring (bicyclic) bond motifs is 5. The summed E-state index contributed by atoms with van der Waals surface area (Å²) in [6.45, 7) is 12.0. The Kier molecular flexibility index (Phi) is 14.4. The number of likely N-dealkylation sites (tertiary alicyclic amines) is 2. The van der Waals surface area contributed by atoms with E-state index in [-0.39, 0.29) is 41.8 Å². The highest BCUT2D eigenvalue weighted by atomic mass is 16.5. The number of hydrogen-bond donors (Lipinski definition) is 4. The Balaban J connectivity index is 0.967. The molecule has 16 nitrogen and oxygen atoms in total. The molecular formula is C51H62N8O8. The fourth-order valence-corrected chi connectivity index (χ4v) is 9.45. The van der Waals surface area contributed by atoms with Crippen LogP contribution in [0.3, 0.4) is 0 Å². The quantitative estimate of drug-likeness (QED) is 0.101. The van der Waals surface area contributed by atoms with Crippen molar-refractivity contribution in [2.45, 2.75) is 97.2 Å². The topological polar surface area (TPSA) is 193 Å². The van der Waals surface area contributed by atoms with E-state index in [9.17, 15) is 19.2 Å². The van der Waals surface area contributed by atoms with E-state index in [1.807, 2.05) is 38.8 Å². The molecule has 2 aromatic heterocycles. The number of methoxy groups -OCH3 is 2. The molecule has 3 aliphatic heterocycles. The van der Waals surface area contributed by atoms with Crippen LogP contribution < -0.4 is 10.6 Å². The molecule has 8 rings (SSSR count). The third-order valence-electron chi connectivity index (χ3n) is 13.2. The van der Waals surface area contributed by atoms with Gasteiger partial charge in [-0.05, 0) is 71.4 Å². The van der Waals surface area contributed by atoms with E-state index >= 15 is 0 Å². The van der Waals surface area contributed by atoms with Crippen molar-refractivity contribution >= 4 is 24.0 Å². The van der Waals surface area contributed by atoms with Crippen molar-refractivity contribution in [3.05, 3.63) is 95.8 Å². The van der Waals surface area contributed by atoms with Gasteiger partial charge in [-0.2, -0.15) is 0 Å². The summed E-state index contributed by atoms with van der Waals surface area (Å²) in [4.78, 5) is 72.4. The number of imidazole rings is 2. The summed E-state index contributed by atoms with van der Waals surface area (Å²) in [5.74, 6) is 0.764. The van der Waals surface area contributed by atoms with Crippen LogP contribution in [0.5, 0.6) is 0 Å². The Morgan fingerprint density at radius 1 is 0.731 bits per heavy atom. The number of amides is 4. The molecule has 4 N–H and O–H groups in total. The van der Waals surface area contributed by atoms with Crippen LogP contribution in [0.2, 0.25) is 0 Å². The first-order valence-electron chi connectivity index (χ1n) is 23.3. The smallest absolute Gasteiger partial charge is 0.407 e. The number of ether oxygens (including phenoxy) is 4. The standard InChI is InChI=1S/C51H62N8O8/c1-29(2)43(56-50(62)64-6)48(60)58-21-8-10-41(58)46-52-26-39(53-46)35-17-15-33(16-18-35)32-11-13-34(14-12-32)36-19-20-38(31(5)24-36)45-40-28-66-22-9-23-67-37-25-42(47(54-40)55-45)59(27-37)49(61)44(30(3)4)57-51(63)65-7/h11-20,24,26,29-30,37,41-44H,8-10,21-23,25,27-28H2,1-7H3,(H,52,53)(H,54,55)(H,56,62)(H,57,63)/t37-,41-,42-,43+,44-/m0/s1. The summed E-state index contributed by atoms with van der Waals surface area (Å²) in [5, 5.41) is 5.44. The number of H-pyrrole nitrogens is 2. The van der Waals surface area contributed by atoms with E-state index in [1.54, 1.807) is 4.90 Å². The molecule has 3 aromatic carbocycles. The maximum atomic E-state index is 14.1. The average Bonchev–Trinajstić information content (AvgIpc) is 4.17. The third kappa shape index (κ3) is 10.2. The molecule has 3 aliphatic rings. The van der Waals surface area contributed by atoms with Gasteiger partial charge in [0.05, 0.1) is 62.3 Å². The van der Waals surface area contributed by atoms with Gasteiger partial charge in [0.15, 0.2) is 0 Å². The lowest BCUT2D eigenvalue weighted by Gasteiger charge is -2.30. The maximum absolute atomic E-state index is 14.1. The zero-order valence-corrected chi connectivity index (χ0v) is 39.4. The number of hydrogen-bond acceptors (Lipinski definition) is 10. The first-order valence-corrected chi connectivity index (χ1v) is 23.3. The highest BCUT2D eigenvalue weighted by molar-refractivity contribution is 5.87. The van der Waals surface area contributed by atoms with Gasteiger partial charge >= 0.3 is 12.2 Å². The van der Waals surface area contributed by atoms with Crippen molar-refractivity contribution in [3.8, 4) is 44.8 Å². The van der Waals surface area contributed by atoms with Gasteiger partial charge in [-0.3, -0.25) is 9.59 Å². The van der Waals surface area contributed by atoms with Gasteiger partial charge in [0.2, 0.25) is 11.8 Å². The summed E-state index contributed by atoms with van der Waals surface area (Å²) in [6.07, 6.45) is 3.28. The van der Waals surface area contributed by atoms with E-state index < -0.39 is 24.3 Å². The van der Waals surface area contributed by atoms with Crippen molar-refractivity contribution < 1.29 is 38.1 Å². The Hall–Kier alpha value is -6.52. The normalized spacial score (nSPS) is 19.4. The summed E-state index contributed by atoms with van der Waals surface area (Å²) in [7, 11) is 2.58. The highest BCUT2D eigenvalue weighted by Crippen LogP contribution is 2.38. The summed E-state index contributed by atoms with van der Waals surface area (Å²) in [6, 6.07) is 21.2. The lowest BCUT2D eigenvalue weighted by Crippen LogP contribution is -2.51. The predicted octanol–water partition coefficient (Wildman–Crippen LogP) is 8.11. The second kappa shape index (κ2) is 20.6. The summed E-state index contributed by atoms with van der Waals surface area (Å²) < 4.78 is 21.9. The van der Waals surface area contributed by atoms with Crippen LogP contribution >= 0.6 is 0 Å². The minimum Gasteiger partial charge on any atom is -0.453 e. The number of carbonyl (C=O) groups excluding carboxylic acids is 4. The molecule has 0 aliphatic carbocycles. The number of carbonyl (C=O) groups is 4. The monoisotopic (exact) mass is 914 g/mol. The fourth-order valence-electron chi connectivity index (χ4n) is 9.45. The Morgan fingerprint density at radius 2 is 1.33 bits per heavy atom. The fraction of sp³-hybridized carbons (Fsp3) is 0.451. The number of nitrogens with zero attached hydrogens (tertiary/aromatic N) is 4. The number of nitrogens with one attached hydrogen (secondary N) is 4. The molecule has 4 amide bonds. The number of aromatic amines is 2. The Bertz CT molecular complexity index is 2550. The first kappa shape index (κ1) is 47.0. The van der Waals surface area contributed by atoms with Gasteiger partial charge in [-0.25, -0.2) is 19.6 Å². The summed E-state index contributed by atoms with van der Waals surface area (Å²) in [5.41, 5.74) is 9.81. The molecule has 4 bridgehead atoms. The van der Waals surface area contributed by atoms with Crippen LogP contribution in [-0.2, 0) is 35.1 Å². The van der Waals surface area contributed by atoms with Gasteiger partial charge in [0.25, 0.3) is 0 Å². The van der Waals surface area contributed by atoms with Gasteiger partial charge in [0, 0.05) is 38.3 Å². The first-order chi connectivity index (χ1) is 32.3. The zero-order valence-electron chi connectivity index (χ0n) is 39.4. The van der Waals surface area contributed by atoms with Crippen LogP contribution in [0.4, 0.5) is 9.59 Å². The number of rotatable bonds is 11. The van der Waals surface area contributed by atoms with Gasteiger partial charge in [-0.1, -0.05) is 94.4 Å². The lowest BCUT2D eigenvalue weighted by atomic mass is 9.96. The van der Waals surface area contributed by atoms with E-state index in [1.165, 1.54) is 14.2 Å². The van der Waals surface area contributed by atoms with Crippen LogP contribution in [0.15, 0.2) is 72.9 Å². The highest BCUT2D eigenvalue weighted by Gasteiger charge is 2.43. The van der Waals surface area contributed by atoms with Crippen molar-refractivity contribution in [1.82, 2.24) is 40.4 Å². The largest absolute Gasteiger partial charge is 0.453 e. The lowest BCUT2D eigenvalue weighted by molar-refractivity contribution is -0.136. The minimum atomic E-state index is -0.771. The Morgan fingerprint density at radius 3 is 1.94 bits per heavy atom. The number of aromatic nitrogens is 4. The van der Waals surface area contributed by atoms with E-state index in [2.05, 4.69) is 94.3 Å². The van der Waals surface area contributed by atoms with E-state index in [0.717, 1.165) is 81.1 Å². The van der Waals surface area contributed by atoms with Crippen molar-refractivity contribution in [2.75, 3.05) is 40.5 Å². The molecule has 5 atom stereocenters. The second-order valence-corrected chi connectivity index (χ2v) is 18.4. The number of alkyl carbamates (subject to hydrolysis) is 2. The number of aryl methyl sites for hydroxylation is 1. The second-order valence-electron chi connectivity index (χ2n) is 18.4. The van der Waals surface area contributed by atoms with E-state index in [0.29, 0.717) is 45.2 Å². The molecule has 5 heterocycles. The van der Waals surface area contributed by atoms with Crippen LogP contribution in [0, 0.1) is 18.8 Å². The van der Waals surface area contributed by atoms with Gasteiger partial charge < -0.3 is 49.3 Å². The van der Waals surface area contributed by atoms with Crippen molar-refractivity contribution in [1.29, 1.82) is 0 Å². The van der Waals surface area contributed by atoms with Crippen LogP contribution in [0.25, 0.3) is 44.8 Å². The molecule has 2 fully saturated rings. The minimum absolute atomic E-state index is 0.109. The molecule has 354 valence electrons. The molecule has 2 saturated heterocycles. The maximum Gasteiger partial charge on any atom is 0.407 e. The molecular weight excluding hydrogens is 853 g/mol. The molecule has 67 heavy (non-hydrogen) atoms. The SMILES string of the molecule is COC(=O)N[C@H](C(=O)N1C[C@@H]2C[C@H]1c1nc(-c3ccc(-c4ccc(-c5ccc(-c6cnc([C@@H]7CCCN7C(=O)[C@H](NC(=O)OC)C(C)C)[nH]6)cc5)cc4)cc3C)c([nH]1)COCCCO2)C(C)C.